The molecule has 2 aliphatic rings. The number of esters is 1. The Kier molecular flexibility index (Phi) is 7.92. The highest BCUT2D eigenvalue weighted by Crippen LogP contribution is 2.50. The summed E-state index contributed by atoms with van der Waals surface area (Å²) in [5, 5.41) is -1.47. The van der Waals surface area contributed by atoms with Gasteiger partial charge in [-0.05, 0) is 72.2 Å². The summed E-state index contributed by atoms with van der Waals surface area (Å²) in [6.07, 6.45) is -0.783. The number of alkyl halides is 2. The zero-order valence-corrected chi connectivity index (χ0v) is 25.4. The third-order valence-electron chi connectivity index (χ3n) is 7.54. The zero-order valence-electron chi connectivity index (χ0n) is 24.6. The summed E-state index contributed by atoms with van der Waals surface area (Å²) in [5.74, 6) is -6.08. The minimum absolute atomic E-state index is 0.00103. The van der Waals surface area contributed by atoms with E-state index in [4.69, 9.17) is 4.74 Å². The molecule has 0 unspecified atom stereocenters. The maximum absolute atomic E-state index is 15.6. The molecular weight excluding hydrogens is 576 g/mol. The fourth-order valence-electron chi connectivity index (χ4n) is 5.40. The SMILES string of the molecule is Cc1cc(F)cnc1C(=O)Cc1ccc(F)c([C@@]2(C)N=C(CC(=O)OC(C)(C)C)C(C)(C)[S@@]3(=O)=NCC(F)(F)C[C@H]23)n1. The second-order valence-corrected chi connectivity index (χ2v) is 15.4. The number of carbonyl (C=O) groups is 2. The van der Waals surface area contributed by atoms with Gasteiger partial charge in [-0.1, -0.05) is 0 Å². The van der Waals surface area contributed by atoms with Crippen LogP contribution in [0.2, 0.25) is 0 Å². The fourth-order valence-corrected chi connectivity index (χ4v) is 8.71. The van der Waals surface area contributed by atoms with E-state index in [1.807, 2.05) is 0 Å². The quantitative estimate of drug-likeness (QED) is 0.241. The lowest BCUT2D eigenvalue weighted by Crippen LogP contribution is -2.61. The second kappa shape index (κ2) is 10.5. The molecule has 4 rings (SSSR count). The van der Waals surface area contributed by atoms with E-state index in [1.54, 1.807) is 20.8 Å². The van der Waals surface area contributed by atoms with Gasteiger partial charge in [0.05, 0.1) is 38.8 Å². The molecule has 0 amide bonds. The van der Waals surface area contributed by atoms with Gasteiger partial charge < -0.3 is 4.74 Å². The molecule has 0 spiro atoms. The maximum Gasteiger partial charge on any atom is 0.312 e. The first-order valence-electron chi connectivity index (χ1n) is 13.4. The van der Waals surface area contributed by atoms with E-state index in [0.717, 1.165) is 18.3 Å². The number of halogens is 4. The number of nitrogens with zero attached hydrogens (tertiary/aromatic N) is 4. The van der Waals surface area contributed by atoms with Crippen LogP contribution in [0.3, 0.4) is 0 Å². The van der Waals surface area contributed by atoms with Crippen molar-refractivity contribution in [1.82, 2.24) is 9.97 Å². The number of hydrogen-bond donors (Lipinski definition) is 0. The average Bonchev–Trinajstić information content (AvgIpc) is 2.84. The molecule has 0 aliphatic carbocycles. The molecule has 4 heterocycles. The molecule has 0 saturated heterocycles. The van der Waals surface area contributed by atoms with E-state index in [9.17, 15) is 27.0 Å². The van der Waals surface area contributed by atoms with Crippen molar-refractivity contribution in [2.24, 2.45) is 9.36 Å². The van der Waals surface area contributed by atoms with E-state index < -0.39 is 85.3 Å². The number of pyridine rings is 2. The number of Topliss-reactive ketones (excluding diaryl/α,β-unsaturated/α-hetero) is 1. The van der Waals surface area contributed by atoms with Crippen molar-refractivity contribution >= 4 is 27.2 Å². The van der Waals surface area contributed by atoms with Gasteiger partial charge in [0.1, 0.15) is 40.7 Å². The van der Waals surface area contributed by atoms with E-state index in [-0.39, 0.29) is 23.5 Å². The summed E-state index contributed by atoms with van der Waals surface area (Å²) < 4.78 is 81.4. The van der Waals surface area contributed by atoms with Gasteiger partial charge in [0, 0.05) is 17.8 Å². The molecule has 0 aromatic carbocycles. The van der Waals surface area contributed by atoms with Crippen molar-refractivity contribution in [3.8, 4) is 0 Å². The first-order chi connectivity index (χ1) is 19.2. The van der Waals surface area contributed by atoms with Crippen molar-refractivity contribution in [2.45, 2.75) is 94.8 Å². The number of aromatic nitrogens is 2. The molecular formula is C29H34F4N4O4S. The molecule has 0 N–H and O–H groups in total. The van der Waals surface area contributed by atoms with Crippen LogP contribution in [0.5, 0.6) is 0 Å². The van der Waals surface area contributed by atoms with Crippen LogP contribution in [0.15, 0.2) is 33.8 Å². The molecule has 0 fully saturated rings. The normalized spacial score (nSPS) is 26.5. The Labute approximate surface area is 242 Å². The average molecular weight is 611 g/mol. The number of rotatable bonds is 6. The number of aliphatic imine (C=N–C) groups is 1. The fraction of sp³-hybridized carbons (Fsp3) is 0.552. The van der Waals surface area contributed by atoms with Gasteiger partial charge in [0.2, 0.25) is 0 Å². The predicted octanol–water partition coefficient (Wildman–Crippen LogP) is 5.54. The molecule has 228 valence electrons. The summed E-state index contributed by atoms with van der Waals surface area (Å²) in [5.41, 5.74) is -2.75. The summed E-state index contributed by atoms with van der Waals surface area (Å²) >= 11 is 0. The van der Waals surface area contributed by atoms with Gasteiger partial charge in [-0.25, -0.2) is 31.1 Å². The van der Waals surface area contributed by atoms with E-state index in [1.165, 1.54) is 33.8 Å². The molecule has 13 heteroatoms. The molecule has 8 nitrogen and oxygen atoms in total. The van der Waals surface area contributed by atoms with Gasteiger partial charge in [0.25, 0.3) is 5.92 Å². The van der Waals surface area contributed by atoms with Gasteiger partial charge in [0.15, 0.2) is 5.78 Å². The minimum atomic E-state index is -3.59. The van der Waals surface area contributed by atoms with Gasteiger partial charge in [-0.15, -0.1) is 0 Å². The Hall–Kier alpha value is -3.22. The van der Waals surface area contributed by atoms with E-state index in [2.05, 4.69) is 19.3 Å². The lowest BCUT2D eigenvalue weighted by molar-refractivity contribution is -0.153. The molecule has 2 aliphatic heterocycles. The summed E-state index contributed by atoms with van der Waals surface area (Å²) in [7, 11) is -3.59. The monoisotopic (exact) mass is 610 g/mol. The van der Waals surface area contributed by atoms with Crippen molar-refractivity contribution in [2.75, 3.05) is 6.54 Å². The maximum atomic E-state index is 15.6. The van der Waals surface area contributed by atoms with Crippen LogP contribution < -0.4 is 0 Å². The van der Waals surface area contributed by atoms with Crippen LogP contribution in [-0.2, 0) is 31.2 Å². The first-order valence-corrected chi connectivity index (χ1v) is 15.0. The van der Waals surface area contributed by atoms with Crippen molar-refractivity contribution in [3.63, 3.8) is 0 Å². The topological polar surface area (TPSA) is 111 Å². The standard InChI is InChI=1S/C29H34F4N4O4S/c1-16-10-17(30)14-34-24(16)20(38)11-18-8-9-19(31)25(36-18)28(7)22-13-29(32,33)15-35-42(22,40)27(5,6)21(37-28)12-23(39)41-26(2,3)4/h8-10,14,22H,11-13,15H2,1-7H3/t22-,28+,42-/m1/s1. The Balaban J connectivity index is 1.86. The molecule has 42 heavy (non-hydrogen) atoms. The third kappa shape index (κ3) is 5.84. The van der Waals surface area contributed by atoms with Crippen molar-refractivity contribution < 1.29 is 36.1 Å². The number of fused-ring (bicyclic) bond motifs is 1. The smallest absolute Gasteiger partial charge is 0.312 e. The molecule has 2 aromatic rings. The first kappa shape index (κ1) is 31.7. The second-order valence-electron chi connectivity index (χ2n) is 12.4. The number of ether oxygens (including phenoxy) is 1. The molecule has 3 atom stereocenters. The summed E-state index contributed by atoms with van der Waals surface area (Å²) in [4.78, 5) is 38.7. The number of ketones is 1. The highest BCUT2D eigenvalue weighted by Gasteiger charge is 2.61. The third-order valence-corrected chi connectivity index (χ3v) is 11.2. The Morgan fingerprint density at radius 2 is 1.79 bits per heavy atom. The Morgan fingerprint density at radius 3 is 2.40 bits per heavy atom. The van der Waals surface area contributed by atoms with Gasteiger partial charge in [-0.3, -0.25) is 19.6 Å². The van der Waals surface area contributed by atoms with Gasteiger partial charge >= 0.3 is 5.97 Å². The van der Waals surface area contributed by atoms with Gasteiger partial charge in [-0.2, -0.15) is 0 Å². The van der Waals surface area contributed by atoms with Crippen LogP contribution in [0.4, 0.5) is 17.6 Å². The lowest BCUT2D eigenvalue weighted by atomic mass is 9.86. The van der Waals surface area contributed by atoms with Crippen molar-refractivity contribution in [3.05, 3.63) is 58.7 Å². The Morgan fingerprint density at radius 1 is 1.12 bits per heavy atom. The summed E-state index contributed by atoms with van der Waals surface area (Å²) in [6, 6.07) is 3.44. The molecule has 0 radical (unpaired) electrons. The lowest BCUT2D eigenvalue weighted by Gasteiger charge is -2.49. The van der Waals surface area contributed by atoms with Crippen LogP contribution in [0.25, 0.3) is 0 Å². The van der Waals surface area contributed by atoms with E-state index >= 15 is 4.39 Å². The Bertz CT molecular complexity index is 1610. The number of aryl methyl sites for hydroxylation is 1. The van der Waals surface area contributed by atoms with Crippen LogP contribution in [0, 0.1) is 18.6 Å². The van der Waals surface area contributed by atoms with Crippen LogP contribution in [-0.4, -0.2) is 59.7 Å². The van der Waals surface area contributed by atoms with Crippen LogP contribution in [0.1, 0.15) is 81.8 Å². The van der Waals surface area contributed by atoms with Crippen LogP contribution >= 0.6 is 0 Å². The predicted molar refractivity (Wildman–Crippen MR) is 149 cm³/mol. The summed E-state index contributed by atoms with van der Waals surface area (Å²) in [6.45, 7) is 9.94. The highest BCUT2D eigenvalue weighted by atomic mass is 32.2. The zero-order chi connectivity index (χ0) is 31.5. The number of hydrogen-bond acceptors (Lipinski definition) is 8. The largest absolute Gasteiger partial charge is 0.460 e. The minimum Gasteiger partial charge on any atom is -0.460 e. The number of carbonyl (C=O) groups excluding carboxylic acids is 2. The molecule has 2 aromatic heterocycles. The molecule has 0 saturated carbocycles. The van der Waals surface area contributed by atoms with Crippen molar-refractivity contribution in [1.29, 1.82) is 0 Å². The van der Waals surface area contributed by atoms with E-state index in [0.29, 0.717) is 5.56 Å². The molecule has 0 bridgehead atoms. The highest BCUT2D eigenvalue weighted by molar-refractivity contribution is 7.96.